The van der Waals surface area contributed by atoms with Crippen LogP contribution in [0.4, 0.5) is 0 Å². The molecule has 2 aromatic rings. The lowest BCUT2D eigenvalue weighted by atomic mass is 10.1. The number of allylic oxidation sites excluding steroid dienone is 4. The summed E-state index contributed by atoms with van der Waals surface area (Å²) in [6.45, 7) is 0. The Kier molecular flexibility index (Phi) is 6.59. The van der Waals surface area contributed by atoms with E-state index in [1.165, 1.54) is 24.3 Å². The Labute approximate surface area is 187 Å². The van der Waals surface area contributed by atoms with Crippen molar-refractivity contribution < 1.29 is 13.2 Å². The molecule has 0 spiro atoms. The summed E-state index contributed by atoms with van der Waals surface area (Å²) < 4.78 is 30.9. The highest BCUT2D eigenvalue weighted by atomic mass is 79.9. The number of carbonyl (C=O) groups is 1. The van der Waals surface area contributed by atoms with Gasteiger partial charge < -0.3 is 0 Å². The second kappa shape index (κ2) is 8.77. The van der Waals surface area contributed by atoms with Crippen LogP contribution in [0.25, 0.3) is 0 Å². The fourth-order valence-corrected chi connectivity index (χ4v) is 4.62. The number of benzene rings is 2. The zero-order valence-electron chi connectivity index (χ0n) is 14.0. The average molecular weight is 587 g/mol. The number of ketones is 1. The third-order valence-electron chi connectivity index (χ3n) is 3.57. The third kappa shape index (κ3) is 5.02. The molecular weight excluding hydrogens is 576 g/mol. The lowest BCUT2D eigenvalue weighted by Gasteiger charge is -2.08. The smallest absolute Gasteiger partial charge is 0.284 e. The second-order valence-corrected chi connectivity index (χ2v) is 9.79. The highest BCUT2D eigenvalue weighted by molar-refractivity contribution is 9.13. The number of carbonyl (C=O) groups excluding carboxylic acids is 1. The molecule has 0 saturated heterocycles. The van der Waals surface area contributed by atoms with Crippen LogP contribution in [0, 0.1) is 0 Å². The van der Waals surface area contributed by atoms with Gasteiger partial charge in [-0.3, -0.25) is 4.79 Å². The molecule has 28 heavy (non-hydrogen) atoms. The summed E-state index contributed by atoms with van der Waals surface area (Å²) in [4.78, 5) is 16.3. The molecule has 0 heterocycles. The van der Waals surface area contributed by atoms with E-state index in [9.17, 15) is 13.2 Å². The first-order chi connectivity index (χ1) is 13.3. The van der Waals surface area contributed by atoms with Gasteiger partial charge in [-0.05, 0) is 68.3 Å². The molecule has 1 aliphatic carbocycles. The number of hydrogen-bond acceptors (Lipinski definition) is 3. The zero-order chi connectivity index (χ0) is 20.3. The molecule has 0 amide bonds. The number of amidine groups is 1. The molecule has 1 aliphatic rings. The maximum absolute atomic E-state index is 12.8. The SMILES string of the molecule is O=C1C(Br)=CC(=N/C(=N/S(=O)(=O)c2ccc(Br)cc2)c2ccccc2)C=C1Br. The molecule has 0 aliphatic heterocycles. The molecular formula is C19H11Br3N2O3S. The van der Waals surface area contributed by atoms with E-state index in [1.807, 2.05) is 6.07 Å². The number of hydrogen-bond donors (Lipinski definition) is 0. The standard InChI is InChI=1S/C19H11Br3N2O3S/c20-13-6-8-15(9-7-13)28(26,27)24-19(12-4-2-1-3-5-12)23-14-10-16(21)18(25)17(22)11-14/h1-11H/b24-19+. The monoisotopic (exact) mass is 584 g/mol. The number of halogens is 3. The lowest BCUT2D eigenvalue weighted by molar-refractivity contribution is -0.110. The topological polar surface area (TPSA) is 75.9 Å². The molecule has 2 aromatic carbocycles. The largest absolute Gasteiger partial charge is 0.287 e. The van der Waals surface area contributed by atoms with Gasteiger partial charge in [-0.25, -0.2) is 4.99 Å². The van der Waals surface area contributed by atoms with Gasteiger partial charge in [-0.15, -0.1) is 4.40 Å². The summed E-state index contributed by atoms with van der Waals surface area (Å²) in [5.41, 5.74) is 0.911. The van der Waals surface area contributed by atoms with E-state index in [-0.39, 0.29) is 16.5 Å². The van der Waals surface area contributed by atoms with Crippen molar-refractivity contribution in [2.24, 2.45) is 9.39 Å². The van der Waals surface area contributed by atoms with Crippen LogP contribution in [0.2, 0.25) is 0 Å². The maximum atomic E-state index is 12.8. The van der Waals surface area contributed by atoms with E-state index in [4.69, 9.17) is 0 Å². The lowest BCUT2D eigenvalue weighted by Crippen LogP contribution is -2.11. The zero-order valence-corrected chi connectivity index (χ0v) is 19.6. The van der Waals surface area contributed by atoms with Gasteiger partial charge in [0.15, 0.2) is 5.84 Å². The van der Waals surface area contributed by atoms with Gasteiger partial charge in [0.25, 0.3) is 10.0 Å². The molecule has 0 fully saturated rings. The molecule has 9 heteroatoms. The van der Waals surface area contributed by atoms with Crippen LogP contribution in [0.1, 0.15) is 5.56 Å². The summed E-state index contributed by atoms with van der Waals surface area (Å²) in [6.07, 6.45) is 3.02. The summed E-state index contributed by atoms with van der Waals surface area (Å²) in [7, 11) is -3.98. The normalized spacial score (nSPS) is 15.2. The number of nitrogens with zero attached hydrogens (tertiary/aromatic N) is 2. The van der Waals surface area contributed by atoms with E-state index in [0.29, 0.717) is 20.2 Å². The molecule has 0 bridgehead atoms. The highest BCUT2D eigenvalue weighted by Gasteiger charge is 2.19. The molecule has 0 saturated carbocycles. The van der Waals surface area contributed by atoms with E-state index in [1.54, 1.807) is 36.4 Å². The second-order valence-electron chi connectivity index (χ2n) is 5.56. The Hall–Kier alpha value is -1.68. The van der Waals surface area contributed by atoms with E-state index < -0.39 is 10.0 Å². The van der Waals surface area contributed by atoms with Gasteiger partial charge >= 0.3 is 0 Å². The minimum Gasteiger partial charge on any atom is -0.287 e. The van der Waals surface area contributed by atoms with Crippen LogP contribution in [-0.2, 0) is 14.8 Å². The van der Waals surface area contributed by atoms with Gasteiger partial charge in [0.1, 0.15) is 0 Å². The summed E-state index contributed by atoms with van der Waals surface area (Å²) >= 11 is 9.65. The Morgan fingerprint density at radius 1 is 0.821 bits per heavy atom. The molecule has 5 nitrogen and oxygen atoms in total. The van der Waals surface area contributed by atoms with E-state index in [0.717, 1.165) is 4.47 Å². The maximum Gasteiger partial charge on any atom is 0.284 e. The first-order valence-electron chi connectivity index (χ1n) is 7.80. The van der Waals surface area contributed by atoms with Crippen molar-refractivity contribution in [3.8, 4) is 0 Å². The first-order valence-corrected chi connectivity index (χ1v) is 11.6. The predicted molar refractivity (Wildman–Crippen MR) is 121 cm³/mol. The van der Waals surface area contributed by atoms with Gasteiger partial charge in [0.2, 0.25) is 5.78 Å². The third-order valence-corrected chi connectivity index (χ3v) is 6.56. The quantitative estimate of drug-likeness (QED) is 0.283. The van der Waals surface area contributed by atoms with Gasteiger partial charge in [-0.2, -0.15) is 8.42 Å². The van der Waals surface area contributed by atoms with Crippen LogP contribution in [0.3, 0.4) is 0 Å². The Bertz CT molecular complexity index is 1130. The summed E-state index contributed by atoms with van der Waals surface area (Å²) in [6, 6.07) is 14.9. The number of rotatable bonds is 3. The van der Waals surface area contributed by atoms with Gasteiger partial charge in [0, 0.05) is 10.0 Å². The van der Waals surface area contributed by atoms with Crippen molar-refractivity contribution in [1.82, 2.24) is 0 Å². The fourth-order valence-electron chi connectivity index (χ4n) is 2.23. The number of Topliss-reactive ketones (excluding diaryl/α,β-unsaturated/α-hetero) is 1. The summed E-state index contributed by atoms with van der Waals surface area (Å²) in [5.74, 6) is -0.208. The fraction of sp³-hybridized carbons (Fsp3) is 0. The molecule has 0 atom stereocenters. The van der Waals surface area contributed by atoms with Crippen LogP contribution in [0.5, 0.6) is 0 Å². The van der Waals surface area contributed by atoms with Crippen molar-refractivity contribution in [3.63, 3.8) is 0 Å². The van der Waals surface area contributed by atoms with Crippen LogP contribution in [-0.4, -0.2) is 25.7 Å². The molecule has 0 unspecified atom stereocenters. The summed E-state index contributed by atoms with van der Waals surface area (Å²) in [5, 5.41) is 0. The minimum atomic E-state index is -3.98. The number of aliphatic imine (C=N–C) groups is 1. The van der Waals surface area contributed by atoms with Crippen LogP contribution in [0.15, 0.2) is 94.5 Å². The van der Waals surface area contributed by atoms with Crippen molar-refractivity contribution in [3.05, 3.63) is 85.8 Å². The van der Waals surface area contributed by atoms with Crippen LogP contribution < -0.4 is 0 Å². The first kappa shape index (κ1) is 21.0. The Morgan fingerprint density at radius 3 is 1.96 bits per heavy atom. The van der Waals surface area contributed by atoms with E-state index >= 15 is 0 Å². The predicted octanol–water partition coefficient (Wildman–Crippen LogP) is 5.17. The van der Waals surface area contributed by atoms with Crippen molar-refractivity contribution >= 4 is 75.1 Å². The number of sulfonamides is 1. The highest BCUT2D eigenvalue weighted by Crippen LogP contribution is 2.23. The molecule has 0 N–H and O–H groups in total. The van der Waals surface area contributed by atoms with Crippen molar-refractivity contribution in [1.29, 1.82) is 0 Å². The van der Waals surface area contributed by atoms with Crippen molar-refractivity contribution in [2.75, 3.05) is 0 Å². The van der Waals surface area contributed by atoms with Gasteiger partial charge in [-0.1, -0.05) is 46.3 Å². The molecule has 142 valence electrons. The Balaban J connectivity index is 2.14. The van der Waals surface area contributed by atoms with Crippen molar-refractivity contribution in [2.45, 2.75) is 4.90 Å². The van der Waals surface area contributed by atoms with Gasteiger partial charge in [0.05, 0.1) is 19.6 Å². The Morgan fingerprint density at radius 2 is 1.39 bits per heavy atom. The molecule has 3 rings (SSSR count). The van der Waals surface area contributed by atoms with Crippen LogP contribution >= 0.6 is 47.8 Å². The average Bonchev–Trinajstić information content (AvgIpc) is 2.66. The minimum absolute atomic E-state index is 0.0148. The molecule has 0 radical (unpaired) electrons. The van der Waals surface area contributed by atoms with E-state index in [2.05, 4.69) is 57.2 Å². The molecule has 0 aromatic heterocycles.